The fourth-order valence-corrected chi connectivity index (χ4v) is 3.65. The molecule has 0 spiro atoms. The number of rotatable bonds is 7. The van der Waals surface area contributed by atoms with Crippen LogP contribution in [0.3, 0.4) is 0 Å². The minimum atomic E-state index is -0.503. The third-order valence-corrected chi connectivity index (χ3v) is 5.42. The minimum Gasteiger partial charge on any atom is -0.467 e. The largest absolute Gasteiger partial charge is 0.467 e. The Morgan fingerprint density at radius 2 is 1.84 bits per heavy atom. The topological polar surface area (TPSA) is 99.7 Å². The molecular formula is C22H32N6O3. The molecule has 2 heterocycles. The normalized spacial score (nSPS) is 15.7. The number of aromatic nitrogens is 2. The Labute approximate surface area is 183 Å². The van der Waals surface area contributed by atoms with Crippen LogP contribution in [0.5, 0.6) is 0 Å². The summed E-state index contributed by atoms with van der Waals surface area (Å²) in [6.45, 7) is 9.90. The van der Waals surface area contributed by atoms with Gasteiger partial charge >= 0.3 is 12.0 Å². The average molecular weight is 429 g/mol. The van der Waals surface area contributed by atoms with E-state index in [-0.39, 0.29) is 17.9 Å². The zero-order valence-corrected chi connectivity index (χ0v) is 18.7. The number of piperazine rings is 1. The van der Waals surface area contributed by atoms with E-state index in [9.17, 15) is 9.59 Å². The second kappa shape index (κ2) is 10.4. The third kappa shape index (κ3) is 5.61. The summed E-state index contributed by atoms with van der Waals surface area (Å²) >= 11 is 0. The van der Waals surface area contributed by atoms with Gasteiger partial charge in [-0.1, -0.05) is 26.0 Å². The number of methoxy groups -OCH3 is 1. The number of benzene rings is 1. The van der Waals surface area contributed by atoms with Crippen LogP contribution < -0.4 is 10.6 Å². The molecule has 168 valence electrons. The number of esters is 1. The van der Waals surface area contributed by atoms with Gasteiger partial charge in [0.2, 0.25) is 0 Å². The number of nitrogens with zero attached hydrogens (tertiary/aromatic N) is 4. The lowest BCUT2D eigenvalue weighted by atomic mass is 10.0. The van der Waals surface area contributed by atoms with Crippen molar-refractivity contribution in [3.63, 3.8) is 0 Å². The van der Waals surface area contributed by atoms with Gasteiger partial charge < -0.3 is 20.3 Å². The van der Waals surface area contributed by atoms with E-state index in [1.807, 2.05) is 49.9 Å². The predicted molar refractivity (Wildman–Crippen MR) is 120 cm³/mol. The summed E-state index contributed by atoms with van der Waals surface area (Å²) in [6, 6.07) is 7.24. The lowest BCUT2D eigenvalue weighted by molar-refractivity contribution is -0.142. The van der Waals surface area contributed by atoms with Gasteiger partial charge in [-0.25, -0.2) is 19.6 Å². The monoisotopic (exact) mass is 428 g/mol. The lowest BCUT2D eigenvalue weighted by Crippen LogP contribution is -2.51. The van der Waals surface area contributed by atoms with Crippen molar-refractivity contribution in [1.29, 1.82) is 0 Å². The maximum Gasteiger partial charge on any atom is 0.328 e. The molecule has 9 heteroatoms. The molecular weight excluding hydrogens is 396 g/mol. The van der Waals surface area contributed by atoms with Gasteiger partial charge in [0.25, 0.3) is 0 Å². The fraction of sp³-hybridized carbons (Fsp3) is 0.545. The zero-order valence-electron chi connectivity index (χ0n) is 18.7. The smallest absolute Gasteiger partial charge is 0.328 e. The highest BCUT2D eigenvalue weighted by molar-refractivity contribution is 5.91. The van der Waals surface area contributed by atoms with Crippen LogP contribution in [0.4, 0.5) is 10.6 Å². The summed E-state index contributed by atoms with van der Waals surface area (Å²) in [6.07, 6.45) is 0. The number of urea groups is 1. The van der Waals surface area contributed by atoms with Gasteiger partial charge in [0.05, 0.1) is 19.2 Å². The van der Waals surface area contributed by atoms with E-state index in [0.29, 0.717) is 37.8 Å². The minimum absolute atomic E-state index is 0.0156. The molecule has 1 aliphatic rings. The first-order valence-corrected chi connectivity index (χ1v) is 10.8. The van der Waals surface area contributed by atoms with Crippen LogP contribution in [-0.4, -0.2) is 77.6 Å². The molecule has 3 rings (SSSR count). The van der Waals surface area contributed by atoms with Crippen LogP contribution in [0.1, 0.15) is 26.6 Å². The number of anilines is 1. The van der Waals surface area contributed by atoms with Gasteiger partial charge in [-0.15, -0.1) is 0 Å². The van der Waals surface area contributed by atoms with Gasteiger partial charge in [-0.3, -0.25) is 4.90 Å². The maximum absolute atomic E-state index is 12.3. The molecule has 9 nitrogen and oxygen atoms in total. The van der Waals surface area contributed by atoms with Gasteiger partial charge in [0.15, 0.2) is 0 Å². The molecule has 1 aromatic heterocycles. The lowest BCUT2D eigenvalue weighted by Gasteiger charge is -2.34. The first-order valence-electron chi connectivity index (χ1n) is 10.8. The molecule has 0 unspecified atom stereocenters. The number of nitrogens with one attached hydrogen (secondary N) is 2. The van der Waals surface area contributed by atoms with Gasteiger partial charge in [0, 0.05) is 38.1 Å². The van der Waals surface area contributed by atoms with E-state index < -0.39 is 6.04 Å². The molecule has 1 aromatic carbocycles. The van der Waals surface area contributed by atoms with Gasteiger partial charge in [-0.2, -0.15) is 0 Å². The van der Waals surface area contributed by atoms with E-state index in [4.69, 9.17) is 14.7 Å². The Morgan fingerprint density at radius 3 is 2.48 bits per heavy atom. The standard InChI is InChI=1S/C22H32N6O3/c1-5-23-22(30)28-12-10-27(11-13-28)14-18-24-17-9-7-6-8-16(17)20(25-18)26-19(15(2)3)21(29)31-4/h6-9,15,19H,5,10-14H2,1-4H3,(H,23,30)(H,24,25,26)/t19-/m0/s1. The van der Waals surface area contributed by atoms with Gasteiger partial charge in [-0.05, 0) is 25.0 Å². The summed E-state index contributed by atoms with van der Waals surface area (Å²) in [5, 5.41) is 6.99. The number of hydrogen-bond acceptors (Lipinski definition) is 7. The molecule has 1 atom stereocenters. The predicted octanol–water partition coefficient (Wildman–Crippen LogP) is 2.09. The molecule has 2 amide bonds. The fourth-order valence-electron chi connectivity index (χ4n) is 3.65. The summed E-state index contributed by atoms with van der Waals surface area (Å²) in [4.78, 5) is 37.8. The van der Waals surface area contributed by atoms with Crippen molar-refractivity contribution in [2.75, 3.05) is 45.2 Å². The summed E-state index contributed by atoms with van der Waals surface area (Å²) in [5.74, 6) is 1.03. The first kappa shape index (κ1) is 22.7. The van der Waals surface area contributed by atoms with Crippen molar-refractivity contribution >= 4 is 28.7 Å². The molecule has 1 saturated heterocycles. The number of ether oxygens (including phenoxy) is 1. The zero-order chi connectivity index (χ0) is 22.4. The highest BCUT2D eigenvalue weighted by atomic mass is 16.5. The van der Waals surface area contributed by atoms with Crippen molar-refractivity contribution in [3.8, 4) is 0 Å². The van der Waals surface area contributed by atoms with Crippen molar-refractivity contribution in [2.24, 2.45) is 5.92 Å². The van der Waals surface area contributed by atoms with Crippen LogP contribution in [0, 0.1) is 5.92 Å². The summed E-state index contributed by atoms with van der Waals surface area (Å²) in [7, 11) is 1.39. The second-order valence-electron chi connectivity index (χ2n) is 7.99. The van der Waals surface area contributed by atoms with E-state index >= 15 is 0 Å². The Balaban J connectivity index is 1.78. The Hall–Kier alpha value is -2.94. The number of amides is 2. The van der Waals surface area contributed by atoms with E-state index in [0.717, 1.165) is 24.0 Å². The molecule has 31 heavy (non-hydrogen) atoms. The van der Waals surface area contributed by atoms with Crippen LogP contribution in [0.15, 0.2) is 24.3 Å². The number of carbonyl (C=O) groups is 2. The number of fused-ring (bicyclic) bond motifs is 1. The molecule has 2 N–H and O–H groups in total. The molecule has 2 aromatic rings. The maximum atomic E-state index is 12.3. The number of hydrogen-bond donors (Lipinski definition) is 2. The molecule has 1 aliphatic heterocycles. The van der Waals surface area contributed by atoms with Crippen molar-refractivity contribution < 1.29 is 14.3 Å². The van der Waals surface area contributed by atoms with Crippen LogP contribution in [0.25, 0.3) is 10.9 Å². The quantitative estimate of drug-likeness (QED) is 0.652. The van der Waals surface area contributed by atoms with E-state index in [1.165, 1.54) is 7.11 Å². The van der Waals surface area contributed by atoms with Crippen molar-refractivity contribution in [2.45, 2.75) is 33.4 Å². The van der Waals surface area contributed by atoms with Crippen LogP contribution in [-0.2, 0) is 16.1 Å². The van der Waals surface area contributed by atoms with Crippen molar-refractivity contribution in [1.82, 2.24) is 25.1 Å². The Kier molecular flexibility index (Phi) is 7.62. The first-order chi connectivity index (χ1) is 14.9. The van der Waals surface area contributed by atoms with Crippen LogP contribution in [0.2, 0.25) is 0 Å². The summed E-state index contributed by atoms with van der Waals surface area (Å²) in [5.41, 5.74) is 0.823. The van der Waals surface area contributed by atoms with E-state index in [2.05, 4.69) is 15.5 Å². The SMILES string of the molecule is CCNC(=O)N1CCN(Cc2nc(N[C@H](C(=O)OC)C(C)C)c3ccccc3n2)CC1. The highest BCUT2D eigenvalue weighted by Crippen LogP contribution is 2.23. The van der Waals surface area contributed by atoms with E-state index in [1.54, 1.807) is 0 Å². The van der Waals surface area contributed by atoms with Crippen molar-refractivity contribution in [3.05, 3.63) is 30.1 Å². The molecule has 0 saturated carbocycles. The molecule has 1 fully saturated rings. The highest BCUT2D eigenvalue weighted by Gasteiger charge is 2.25. The Bertz CT molecular complexity index is 911. The summed E-state index contributed by atoms with van der Waals surface area (Å²) < 4.78 is 4.97. The second-order valence-corrected chi connectivity index (χ2v) is 7.99. The average Bonchev–Trinajstić information content (AvgIpc) is 2.77. The number of para-hydroxylation sites is 1. The van der Waals surface area contributed by atoms with Crippen LogP contribution >= 0.6 is 0 Å². The number of carbonyl (C=O) groups excluding carboxylic acids is 2. The third-order valence-electron chi connectivity index (χ3n) is 5.42. The Morgan fingerprint density at radius 1 is 1.13 bits per heavy atom. The molecule has 0 bridgehead atoms. The molecule has 0 aliphatic carbocycles. The van der Waals surface area contributed by atoms with Gasteiger partial charge in [0.1, 0.15) is 17.7 Å². The molecule has 0 radical (unpaired) electrons.